The van der Waals surface area contributed by atoms with Crippen molar-refractivity contribution in [3.05, 3.63) is 22.2 Å². The second-order valence-corrected chi connectivity index (χ2v) is 5.75. The Kier molecular flexibility index (Phi) is 2.86. The molecule has 0 saturated heterocycles. The summed E-state index contributed by atoms with van der Waals surface area (Å²) in [6.07, 6.45) is 1.10. The van der Waals surface area contributed by atoms with Crippen LogP contribution in [0.5, 0.6) is 0 Å². The van der Waals surface area contributed by atoms with Crippen molar-refractivity contribution in [3.63, 3.8) is 0 Å². The maximum absolute atomic E-state index is 11.6. The number of isocyanates is 1. The Morgan fingerprint density at radius 2 is 2.12 bits per heavy atom. The lowest BCUT2D eigenvalue weighted by molar-refractivity contribution is -0.115. The summed E-state index contributed by atoms with van der Waals surface area (Å²) in [6.45, 7) is 0. The average Bonchev–Trinajstić information content (AvgIpc) is 2.55. The fourth-order valence-corrected chi connectivity index (χ4v) is 3.27. The summed E-state index contributed by atoms with van der Waals surface area (Å²) in [5.41, 5.74) is 1.11. The molecule has 0 radical (unpaired) electrons. The molecule has 1 heterocycles. The number of anilines is 1. The van der Waals surface area contributed by atoms with Crippen molar-refractivity contribution >= 4 is 43.6 Å². The van der Waals surface area contributed by atoms with Gasteiger partial charge in [0, 0.05) is 10.2 Å². The summed E-state index contributed by atoms with van der Waals surface area (Å²) in [5.74, 6) is -0.208. The van der Waals surface area contributed by atoms with Gasteiger partial charge in [-0.05, 0) is 33.6 Å². The minimum Gasteiger partial charge on any atom is -0.325 e. The van der Waals surface area contributed by atoms with Crippen LogP contribution in [0.4, 0.5) is 5.69 Å². The van der Waals surface area contributed by atoms with E-state index in [9.17, 15) is 18.0 Å². The third-order valence-corrected chi connectivity index (χ3v) is 4.35. The van der Waals surface area contributed by atoms with Gasteiger partial charge in [0.15, 0.2) is 0 Å². The topological polar surface area (TPSA) is 92.7 Å². The zero-order chi connectivity index (χ0) is 12.6. The normalized spacial score (nSPS) is 13.8. The SMILES string of the molecule is O=C=NS(=O)(=O)c1cc2c(cc1Br)NC(=O)C2. The van der Waals surface area contributed by atoms with Crippen molar-refractivity contribution in [2.45, 2.75) is 11.3 Å². The van der Waals surface area contributed by atoms with Crippen LogP contribution in [0.25, 0.3) is 0 Å². The predicted octanol–water partition coefficient (Wildman–Crippen LogP) is 0.968. The fourth-order valence-electron chi connectivity index (χ4n) is 1.52. The minimum atomic E-state index is -4.06. The number of fused-ring (bicyclic) bond motifs is 1. The van der Waals surface area contributed by atoms with Gasteiger partial charge in [0.2, 0.25) is 5.91 Å². The number of sulfonamides is 1. The maximum atomic E-state index is 11.6. The summed E-state index contributed by atoms with van der Waals surface area (Å²) in [6, 6.07) is 2.78. The zero-order valence-corrected chi connectivity index (χ0v) is 10.6. The molecule has 0 spiro atoms. The van der Waals surface area contributed by atoms with E-state index in [1.165, 1.54) is 12.1 Å². The highest BCUT2D eigenvalue weighted by atomic mass is 79.9. The van der Waals surface area contributed by atoms with E-state index in [1.54, 1.807) is 0 Å². The molecule has 0 bridgehead atoms. The number of hydrogen-bond acceptors (Lipinski definition) is 4. The van der Waals surface area contributed by atoms with Crippen LogP contribution in [-0.2, 0) is 26.0 Å². The zero-order valence-electron chi connectivity index (χ0n) is 8.23. The number of nitrogens with one attached hydrogen (secondary N) is 1. The Balaban J connectivity index is 2.63. The van der Waals surface area contributed by atoms with E-state index in [0.29, 0.717) is 11.3 Å². The molecule has 1 aliphatic rings. The van der Waals surface area contributed by atoms with Crippen molar-refractivity contribution in [1.82, 2.24) is 0 Å². The van der Waals surface area contributed by atoms with Crippen LogP contribution < -0.4 is 5.32 Å². The van der Waals surface area contributed by atoms with Gasteiger partial charge in [-0.3, -0.25) is 4.79 Å². The third kappa shape index (κ3) is 2.14. The van der Waals surface area contributed by atoms with Crippen molar-refractivity contribution in [2.24, 2.45) is 4.40 Å². The van der Waals surface area contributed by atoms with Crippen LogP contribution in [0.3, 0.4) is 0 Å². The van der Waals surface area contributed by atoms with Gasteiger partial charge >= 0.3 is 0 Å². The Hall–Kier alpha value is -1.50. The first kappa shape index (κ1) is 12.0. The molecule has 2 rings (SSSR count). The summed E-state index contributed by atoms with van der Waals surface area (Å²) >= 11 is 3.06. The molecule has 0 fully saturated rings. The first-order valence-electron chi connectivity index (χ1n) is 4.40. The molecule has 1 N–H and O–H groups in total. The maximum Gasteiger partial charge on any atom is 0.293 e. The van der Waals surface area contributed by atoms with Crippen molar-refractivity contribution < 1.29 is 18.0 Å². The first-order chi connectivity index (χ1) is 7.94. The minimum absolute atomic E-state index is 0.107. The van der Waals surface area contributed by atoms with E-state index in [4.69, 9.17) is 0 Å². The number of carbonyl (C=O) groups is 1. The molecule has 0 aliphatic carbocycles. The van der Waals surface area contributed by atoms with E-state index >= 15 is 0 Å². The number of rotatable bonds is 2. The quantitative estimate of drug-likeness (QED) is 0.650. The molecular weight excluding hydrogens is 312 g/mol. The molecule has 1 aromatic carbocycles. The average molecular weight is 317 g/mol. The van der Waals surface area contributed by atoms with E-state index in [1.807, 2.05) is 0 Å². The molecule has 8 heteroatoms. The molecular formula is C9H5BrN2O4S. The lowest BCUT2D eigenvalue weighted by atomic mass is 10.2. The van der Waals surface area contributed by atoms with Gasteiger partial charge in [-0.15, -0.1) is 0 Å². The van der Waals surface area contributed by atoms with E-state index in [2.05, 4.69) is 25.6 Å². The van der Waals surface area contributed by atoms with Crippen LogP contribution in [-0.4, -0.2) is 20.4 Å². The van der Waals surface area contributed by atoms with E-state index in [0.717, 1.165) is 6.08 Å². The number of hydrogen-bond donors (Lipinski definition) is 1. The Morgan fingerprint density at radius 1 is 1.41 bits per heavy atom. The number of carbonyl (C=O) groups excluding carboxylic acids is 2. The van der Waals surface area contributed by atoms with Gasteiger partial charge in [0.1, 0.15) is 4.90 Å². The van der Waals surface area contributed by atoms with Gasteiger partial charge in [0.05, 0.1) is 6.42 Å². The summed E-state index contributed by atoms with van der Waals surface area (Å²) in [4.78, 5) is 21.0. The predicted molar refractivity (Wildman–Crippen MR) is 61.8 cm³/mol. The summed E-state index contributed by atoms with van der Waals surface area (Å²) in [7, 11) is -4.06. The van der Waals surface area contributed by atoms with Gasteiger partial charge in [0.25, 0.3) is 16.1 Å². The highest BCUT2D eigenvalue weighted by Gasteiger charge is 2.24. The smallest absolute Gasteiger partial charge is 0.293 e. The number of amides is 1. The first-order valence-corrected chi connectivity index (χ1v) is 6.64. The summed E-state index contributed by atoms with van der Waals surface area (Å²) < 4.78 is 26.1. The molecule has 88 valence electrons. The highest BCUT2D eigenvalue weighted by Crippen LogP contribution is 2.33. The van der Waals surface area contributed by atoms with Gasteiger partial charge in [-0.25, -0.2) is 4.79 Å². The van der Waals surface area contributed by atoms with Crippen LogP contribution in [0, 0.1) is 0 Å². The second-order valence-electron chi connectivity index (χ2n) is 3.32. The molecule has 1 aliphatic heterocycles. The fraction of sp³-hybridized carbons (Fsp3) is 0.111. The standard InChI is InChI=1S/C9H5BrN2O4S/c10-6-3-7-5(2-9(14)12-7)1-8(6)17(15,16)11-4-13/h1,3H,2H2,(H,12,14). The molecule has 6 nitrogen and oxygen atoms in total. The summed E-state index contributed by atoms with van der Waals surface area (Å²) in [5, 5.41) is 2.58. The molecule has 0 aromatic heterocycles. The van der Waals surface area contributed by atoms with Crippen LogP contribution in [0.15, 0.2) is 25.9 Å². The van der Waals surface area contributed by atoms with Crippen molar-refractivity contribution in [1.29, 1.82) is 0 Å². The van der Waals surface area contributed by atoms with Crippen molar-refractivity contribution in [2.75, 3.05) is 5.32 Å². The highest BCUT2D eigenvalue weighted by molar-refractivity contribution is 9.10. The molecule has 0 atom stereocenters. The molecule has 1 aromatic rings. The van der Waals surface area contributed by atoms with Crippen LogP contribution in [0.2, 0.25) is 0 Å². The lowest BCUT2D eigenvalue weighted by Crippen LogP contribution is -2.03. The lowest BCUT2D eigenvalue weighted by Gasteiger charge is -2.04. The van der Waals surface area contributed by atoms with E-state index in [-0.39, 0.29) is 21.7 Å². The van der Waals surface area contributed by atoms with Crippen LogP contribution >= 0.6 is 15.9 Å². The largest absolute Gasteiger partial charge is 0.325 e. The molecule has 0 saturated carbocycles. The van der Waals surface area contributed by atoms with Crippen LogP contribution in [0.1, 0.15) is 5.56 Å². The van der Waals surface area contributed by atoms with Gasteiger partial charge in [-0.2, -0.15) is 8.42 Å². The van der Waals surface area contributed by atoms with Crippen molar-refractivity contribution in [3.8, 4) is 0 Å². The molecule has 0 unspecified atom stereocenters. The Morgan fingerprint density at radius 3 is 2.76 bits per heavy atom. The van der Waals surface area contributed by atoms with E-state index < -0.39 is 10.0 Å². The second kappa shape index (κ2) is 4.06. The number of nitrogens with zero attached hydrogens (tertiary/aromatic N) is 1. The Bertz CT molecular complexity index is 662. The van der Waals surface area contributed by atoms with Gasteiger partial charge in [-0.1, -0.05) is 4.40 Å². The molecule has 1 amide bonds. The number of benzene rings is 1. The Labute approximate surface area is 105 Å². The van der Waals surface area contributed by atoms with Gasteiger partial charge < -0.3 is 5.32 Å². The molecule has 17 heavy (non-hydrogen) atoms. The monoisotopic (exact) mass is 316 g/mol. The third-order valence-electron chi connectivity index (χ3n) is 2.22. The number of halogens is 1.